The van der Waals surface area contributed by atoms with Crippen molar-refractivity contribution in [3.8, 4) is 5.75 Å². The van der Waals surface area contributed by atoms with Crippen molar-refractivity contribution >= 4 is 22.2 Å². The monoisotopic (exact) mass is 378 g/mol. The van der Waals surface area contributed by atoms with E-state index in [1.54, 1.807) is 0 Å². The number of ketones is 1. The second-order valence-electron chi connectivity index (χ2n) is 7.17. The Morgan fingerprint density at radius 2 is 1.75 bits per heavy atom. The fraction of sp³-hybridized carbons (Fsp3) is 0.261. The van der Waals surface area contributed by atoms with E-state index >= 15 is 0 Å². The van der Waals surface area contributed by atoms with Crippen LogP contribution in [-0.2, 0) is 0 Å². The summed E-state index contributed by atoms with van der Waals surface area (Å²) in [7, 11) is 2.14. The van der Waals surface area contributed by atoms with Crippen LogP contribution in [0, 0.1) is 5.82 Å². The minimum atomic E-state index is -0.358. The molecule has 0 bridgehead atoms. The molecule has 0 saturated carbocycles. The van der Waals surface area contributed by atoms with Crippen LogP contribution >= 0.6 is 0 Å². The fourth-order valence-electron chi connectivity index (χ4n) is 3.52. The Hall–Kier alpha value is -2.92. The SMILES string of the molecule is CN1CCN(c2cccc3ccc(OCC(=O)c4ccc(F)cc4)cc23)CC1. The van der Waals surface area contributed by atoms with Crippen LogP contribution < -0.4 is 9.64 Å². The van der Waals surface area contributed by atoms with E-state index in [1.165, 1.54) is 30.0 Å². The summed E-state index contributed by atoms with van der Waals surface area (Å²) in [5, 5.41) is 2.27. The Morgan fingerprint density at radius 1 is 1.00 bits per heavy atom. The number of hydrogen-bond acceptors (Lipinski definition) is 4. The Bertz CT molecular complexity index is 980. The van der Waals surface area contributed by atoms with Gasteiger partial charge in [-0.3, -0.25) is 4.79 Å². The molecule has 0 spiro atoms. The summed E-state index contributed by atoms with van der Waals surface area (Å²) in [5.41, 5.74) is 1.64. The summed E-state index contributed by atoms with van der Waals surface area (Å²) >= 11 is 0. The van der Waals surface area contributed by atoms with Crippen molar-refractivity contribution in [2.75, 3.05) is 44.7 Å². The molecule has 1 aliphatic heterocycles. The van der Waals surface area contributed by atoms with Crippen molar-refractivity contribution in [2.24, 2.45) is 0 Å². The van der Waals surface area contributed by atoms with Crippen LogP contribution in [0.5, 0.6) is 5.75 Å². The molecule has 0 amide bonds. The highest BCUT2D eigenvalue weighted by molar-refractivity contribution is 5.98. The number of carbonyl (C=O) groups is 1. The molecule has 4 nitrogen and oxygen atoms in total. The van der Waals surface area contributed by atoms with Gasteiger partial charge < -0.3 is 14.5 Å². The molecule has 144 valence electrons. The number of fused-ring (bicyclic) bond motifs is 1. The van der Waals surface area contributed by atoms with E-state index in [-0.39, 0.29) is 18.2 Å². The zero-order valence-electron chi connectivity index (χ0n) is 15.9. The normalized spacial score (nSPS) is 15.0. The van der Waals surface area contributed by atoms with Crippen LogP contribution in [0.4, 0.5) is 10.1 Å². The largest absolute Gasteiger partial charge is 0.485 e. The number of rotatable bonds is 5. The Kier molecular flexibility index (Phi) is 5.26. The van der Waals surface area contributed by atoms with Gasteiger partial charge in [-0.25, -0.2) is 4.39 Å². The number of Topliss-reactive ketones (excluding diaryl/α,β-unsaturated/α-hetero) is 1. The molecule has 1 fully saturated rings. The highest BCUT2D eigenvalue weighted by Gasteiger charge is 2.16. The average Bonchev–Trinajstić information content (AvgIpc) is 2.72. The molecule has 4 rings (SSSR count). The molecule has 1 saturated heterocycles. The highest BCUT2D eigenvalue weighted by atomic mass is 19.1. The van der Waals surface area contributed by atoms with Crippen molar-refractivity contribution in [1.29, 1.82) is 0 Å². The van der Waals surface area contributed by atoms with E-state index in [4.69, 9.17) is 4.74 Å². The predicted molar refractivity (Wildman–Crippen MR) is 110 cm³/mol. The van der Waals surface area contributed by atoms with Gasteiger partial charge >= 0.3 is 0 Å². The first-order valence-electron chi connectivity index (χ1n) is 9.48. The number of benzene rings is 3. The lowest BCUT2D eigenvalue weighted by molar-refractivity contribution is 0.0921. The highest BCUT2D eigenvalue weighted by Crippen LogP contribution is 2.30. The van der Waals surface area contributed by atoms with Crippen LogP contribution in [0.15, 0.2) is 60.7 Å². The molecular formula is C23H23FN2O2. The molecule has 0 radical (unpaired) electrons. The van der Waals surface area contributed by atoms with Crippen molar-refractivity contribution in [3.63, 3.8) is 0 Å². The van der Waals surface area contributed by atoms with Crippen LogP contribution in [0.1, 0.15) is 10.4 Å². The second-order valence-corrected chi connectivity index (χ2v) is 7.17. The molecule has 1 heterocycles. The zero-order valence-corrected chi connectivity index (χ0v) is 15.9. The van der Waals surface area contributed by atoms with Gasteiger partial charge in [-0.05, 0) is 54.9 Å². The smallest absolute Gasteiger partial charge is 0.200 e. The molecule has 0 aromatic heterocycles. The van der Waals surface area contributed by atoms with Crippen molar-refractivity contribution in [2.45, 2.75) is 0 Å². The van der Waals surface area contributed by atoms with E-state index in [0.29, 0.717) is 11.3 Å². The van der Waals surface area contributed by atoms with E-state index in [1.807, 2.05) is 18.2 Å². The standard InChI is InChI=1S/C23H23FN2O2/c1-25-11-13-26(14-12-25)22-4-2-3-17-7-10-20(15-21(17)22)28-16-23(27)18-5-8-19(24)9-6-18/h2-10,15H,11-14,16H2,1H3. The lowest BCUT2D eigenvalue weighted by Gasteiger charge is -2.34. The molecule has 1 aliphatic rings. The van der Waals surface area contributed by atoms with Gasteiger partial charge in [0.1, 0.15) is 11.6 Å². The third-order valence-electron chi connectivity index (χ3n) is 5.21. The van der Waals surface area contributed by atoms with Crippen molar-refractivity contribution in [1.82, 2.24) is 4.90 Å². The number of anilines is 1. The van der Waals surface area contributed by atoms with Gasteiger partial charge in [-0.2, -0.15) is 0 Å². The maximum atomic E-state index is 13.0. The molecule has 0 unspecified atom stereocenters. The lowest BCUT2D eigenvalue weighted by atomic mass is 10.1. The quantitative estimate of drug-likeness (QED) is 0.629. The molecule has 28 heavy (non-hydrogen) atoms. The molecule has 0 atom stereocenters. The van der Waals surface area contributed by atoms with Gasteiger partial charge in [0.05, 0.1) is 0 Å². The first-order chi connectivity index (χ1) is 13.6. The lowest BCUT2D eigenvalue weighted by Crippen LogP contribution is -2.44. The summed E-state index contributed by atoms with van der Waals surface area (Å²) < 4.78 is 18.8. The van der Waals surface area contributed by atoms with E-state index in [2.05, 4.69) is 35.0 Å². The zero-order chi connectivity index (χ0) is 19.5. The molecular weight excluding hydrogens is 355 g/mol. The van der Waals surface area contributed by atoms with Gasteiger partial charge in [-0.1, -0.05) is 18.2 Å². The van der Waals surface area contributed by atoms with Crippen LogP contribution in [0.3, 0.4) is 0 Å². The summed E-state index contributed by atoms with van der Waals surface area (Å²) in [6.45, 7) is 3.98. The van der Waals surface area contributed by atoms with Gasteiger partial charge in [0, 0.05) is 42.8 Å². The van der Waals surface area contributed by atoms with Gasteiger partial charge in [0.2, 0.25) is 0 Å². The van der Waals surface area contributed by atoms with Gasteiger partial charge in [-0.15, -0.1) is 0 Å². The minimum Gasteiger partial charge on any atom is -0.485 e. The number of carbonyl (C=O) groups excluding carboxylic acids is 1. The first kappa shape index (κ1) is 18.4. The number of ether oxygens (including phenoxy) is 1. The number of nitrogens with zero attached hydrogens (tertiary/aromatic N) is 2. The Morgan fingerprint density at radius 3 is 2.50 bits per heavy atom. The maximum absolute atomic E-state index is 13.0. The molecule has 3 aromatic carbocycles. The van der Waals surface area contributed by atoms with E-state index in [9.17, 15) is 9.18 Å². The topological polar surface area (TPSA) is 32.8 Å². The predicted octanol–water partition coefficient (Wildman–Crippen LogP) is 3.99. The van der Waals surface area contributed by atoms with Crippen LogP contribution in [0.2, 0.25) is 0 Å². The fourth-order valence-corrected chi connectivity index (χ4v) is 3.52. The molecule has 3 aromatic rings. The second kappa shape index (κ2) is 7.98. The number of piperazine rings is 1. The van der Waals surface area contributed by atoms with Crippen molar-refractivity contribution < 1.29 is 13.9 Å². The van der Waals surface area contributed by atoms with Crippen molar-refractivity contribution in [3.05, 3.63) is 72.0 Å². The van der Waals surface area contributed by atoms with E-state index in [0.717, 1.165) is 37.0 Å². The summed E-state index contributed by atoms with van der Waals surface area (Å²) in [4.78, 5) is 17.0. The molecule has 0 aliphatic carbocycles. The Balaban J connectivity index is 1.52. The van der Waals surface area contributed by atoms with E-state index < -0.39 is 0 Å². The number of hydrogen-bond donors (Lipinski definition) is 0. The summed E-state index contributed by atoms with van der Waals surface area (Å²) in [6.07, 6.45) is 0. The maximum Gasteiger partial charge on any atom is 0.200 e. The average molecular weight is 378 g/mol. The Labute approximate surface area is 164 Å². The minimum absolute atomic E-state index is 0.0756. The third-order valence-corrected chi connectivity index (χ3v) is 5.21. The van der Waals surface area contributed by atoms with Crippen LogP contribution in [-0.4, -0.2) is 50.5 Å². The number of likely N-dealkylation sites (N-methyl/N-ethyl adjacent to an activating group) is 1. The molecule has 5 heteroatoms. The van der Waals surface area contributed by atoms with Crippen LogP contribution in [0.25, 0.3) is 10.8 Å². The van der Waals surface area contributed by atoms with Gasteiger partial charge in [0.15, 0.2) is 12.4 Å². The number of halogens is 1. The first-order valence-corrected chi connectivity index (χ1v) is 9.48. The summed E-state index contributed by atoms with van der Waals surface area (Å²) in [5.74, 6) is 0.125. The van der Waals surface area contributed by atoms with Gasteiger partial charge in [0.25, 0.3) is 0 Å². The molecule has 0 N–H and O–H groups in total. The summed E-state index contributed by atoms with van der Waals surface area (Å²) in [6, 6.07) is 17.7. The third kappa shape index (κ3) is 3.99.